The van der Waals surface area contributed by atoms with Gasteiger partial charge in [-0.25, -0.2) is 4.98 Å². The Morgan fingerprint density at radius 3 is 2.67 bits per heavy atom. The summed E-state index contributed by atoms with van der Waals surface area (Å²) >= 11 is 5.83. The Balaban J connectivity index is 1.49. The van der Waals surface area contributed by atoms with Crippen LogP contribution in [0.25, 0.3) is 0 Å². The summed E-state index contributed by atoms with van der Waals surface area (Å²) in [6.45, 7) is 5.78. The van der Waals surface area contributed by atoms with Crippen molar-refractivity contribution in [2.24, 2.45) is 5.92 Å². The second-order valence-corrected chi connectivity index (χ2v) is 8.25. The second kappa shape index (κ2) is 10.5. The fraction of sp³-hybridized carbons (Fsp3) is 0.435. The van der Waals surface area contributed by atoms with Gasteiger partial charge in [-0.3, -0.25) is 14.5 Å². The van der Waals surface area contributed by atoms with Gasteiger partial charge in [-0.05, 0) is 56.0 Å². The van der Waals surface area contributed by atoms with Gasteiger partial charge in [-0.1, -0.05) is 42.8 Å². The number of benzene rings is 1. The van der Waals surface area contributed by atoms with E-state index in [2.05, 4.69) is 46.8 Å². The average Bonchev–Trinajstić information content (AvgIpc) is 2.75. The molecule has 2 heterocycles. The summed E-state index contributed by atoms with van der Waals surface area (Å²) in [7, 11) is 0. The van der Waals surface area contributed by atoms with E-state index in [1.807, 2.05) is 11.8 Å². The van der Waals surface area contributed by atoms with Crippen LogP contribution in [0.4, 0.5) is 5.82 Å². The minimum Gasteiger partial charge on any atom is -0.348 e. The number of halogens is 1. The molecule has 1 saturated heterocycles. The highest BCUT2D eigenvalue weighted by Gasteiger charge is 2.27. The highest BCUT2D eigenvalue weighted by atomic mass is 35.5. The van der Waals surface area contributed by atoms with Crippen LogP contribution < -0.4 is 10.6 Å². The molecule has 2 aromatic rings. The minimum absolute atomic E-state index is 0.0255. The van der Waals surface area contributed by atoms with Crippen molar-refractivity contribution in [3.63, 3.8) is 0 Å². The first-order valence-corrected chi connectivity index (χ1v) is 10.9. The van der Waals surface area contributed by atoms with Crippen molar-refractivity contribution in [1.82, 2.24) is 15.2 Å². The number of aromatic nitrogens is 1. The van der Waals surface area contributed by atoms with Gasteiger partial charge in [0, 0.05) is 12.7 Å². The number of nitrogens with zero attached hydrogens (tertiary/aromatic N) is 2. The summed E-state index contributed by atoms with van der Waals surface area (Å²) in [4.78, 5) is 31.3. The van der Waals surface area contributed by atoms with E-state index < -0.39 is 0 Å². The molecule has 0 spiro atoms. The van der Waals surface area contributed by atoms with E-state index in [9.17, 15) is 9.59 Å². The first-order valence-electron chi connectivity index (χ1n) is 10.5. The number of amides is 2. The number of pyridine rings is 1. The van der Waals surface area contributed by atoms with Crippen LogP contribution in [-0.4, -0.2) is 41.3 Å². The molecule has 1 fully saturated rings. The summed E-state index contributed by atoms with van der Waals surface area (Å²) in [5.74, 6) is 0.229. The molecule has 1 aromatic heterocycles. The van der Waals surface area contributed by atoms with Gasteiger partial charge in [-0.15, -0.1) is 0 Å². The third-order valence-electron chi connectivity index (χ3n) is 5.49. The van der Waals surface area contributed by atoms with E-state index >= 15 is 0 Å². The van der Waals surface area contributed by atoms with Crippen LogP contribution >= 0.6 is 11.6 Å². The van der Waals surface area contributed by atoms with Crippen LogP contribution in [0.2, 0.25) is 5.02 Å². The number of likely N-dealkylation sites (tertiary alicyclic amines) is 1. The lowest BCUT2D eigenvalue weighted by atomic mass is 9.97. The van der Waals surface area contributed by atoms with Crippen LogP contribution in [0.1, 0.15) is 43.9 Å². The number of aryl methyl sites for hydroxylation is 1. The number of nitrogens with one attached hydrogen (secondary N) is 2. The molecule has 1 aromatic carbocycles. The number of hydrogen-bond acceptors (Lipinski definition) is 4. The Hall–Kier alpha value is -2.44. The monoisotopic (exact) mass is 428 g/mol. The molecule has 0 radical (unpaired) electrons. The maximum atomic E-state index is 12.6. The Kier molecular flexibility index (Phi) is 7.82. The van der Waals surface area contributed by atoms with Crippen LogP contribution in [0.15, 0.2) is 42.6 Å². The molecule has 6 nitrogen and oxygen atoms in total. The van der Waals surface area contributed by atoms with E-state index in [-0.39, 0.29) is 23.8 Å². The smallest absolute Gasteiger partial charge is 0.234 e. The first kappa shape index (κ1) is 22.2. The van der Waals surface area contributed by atoms with Gasteiger partial charge in [0.05, 0.1) is 23.5 Å². The number of rotatable bonds is 7. The lowest BCUT2D eigenvalue weighted by Crippen LogP contribution is -2.45. The van der Waals surface area contributed by atoms with Crippen molar-refractivity contribution >= 4 is 29.2 Å². The number of piperidine rings is 1. The molecule has 1 aliphatic rings. The van der Waals surface area contributed by atoms with Crippen molar-refractivity contribution < 1.29 is 9.59 Å². The largest absolute Gasteiger partial charge is 0.348 e. The van der Waals surface area contributed by atoms with Gasteiger partial charge in [-0.2, -0.15) is 0 Å². The van der Waals surface area contributed by atoms with Crippen molar-refractivity contribution in [3.8, 4) is 0 Å². The van der Waals surface area contributed by atoms with E-state index in [1.165, 1.54) is 11.8 Å². The average molecular weight is 429 g/mol. The van der Waals surface area contributed by atoms with E-state index in [4.69, 9.17) is 11.6 Å². The van der Waals surface area contributed by atoms with Gasteiger partial charge in [0.2, 0.25) is 11.8 Å². The summed E-state index contributed by atoms with van der Waals surface area (Å²) in [5.41, 5.74) is 2.37. The number of anilines is 1. The Bertz CT molecular complexity index is 855. The second-order valence-electron chi connectivity index (χ2n) is 7.81. The van der Waals surface area contributed by atoms with E-state index in [0.717, 1.165) is 31.4 Å². The lowest BCUT2D eigenvalue weighted by molar-refractivity contribution is -0.126. The highest BCUT2D eigenvalue weighted by Crippen LogP contribution is 2.19. The van der Waals surface area contributed by atoms with Crippen molar-refractivity contribution in [2.45, 2.75) is 39.2 Å². The summed E-state index contributed by atoms with van der Waals surface area (Å²) < 4.78 is 0. The summed E-state index contributed by atoms with van der Waals surface area (Å²) in [5, 5.41) is 6.43. The van der Waals surface area contributed by atoms with Gasteiger partial charge < -0.3 is 10.6 Å². The zero-order chi connectivity index (χ0) is 21.5. The normalized spacial score (nSPS) is 17.9. The van der Waals surface area contributed by atoms with Crippen molar-refractivity contribution in [3.05, 3.63) is 58.7 Å². The minimum atomic E-state index is -0.164. The third kappa shape index (κ3) is 6.28. The molecule has 2 atom stereocenters. The lowest BCUT2D eigenvalue weighted by Gasteiger charge is -2.31. The van der Waals surface area contributed by atoms with E-state index in [1.54, 1.807) is 12.1 Å². The van der Waals surface area contributed by atoms with Crippen molar-refractivity contribution in [1.29, 1.82) is 0 Å². The first-order chi connectivity index (χ1) is 14.4. The number of carbonyl (C=O) groups is 2. The molecule has 3 rings (SSSR count). The van der Waals surface area contributed by atoms with Crippen LogP contribution in [0.3, 0.4) is 0 Å². The topological polar surface area (TPSA) is 74.3 Å². The molecule has 1 aliphatic heterocycles. The molecule has 160 valence electrons. The highest BCUT2D eigenvalue weighted by molar-refractivity contribution is 6.30. The molecule has 7 heteroatoms. The quantitative estimate of drug-likeness (QED) is 0.702. The molecule has 0 bridgehead atoms. The molecule has 2 amide bonds. The fourth-order valence-corrected chi connectivity index (χ4v) is 3.82. The standard InChI is InChI=1S/C23H29ClN4O2/c1-3-17-6-8-18(9-7-17)16(2)26-22(29)15-28-12-4-5-19(14-28)23(30)27-21-11-10-20(24)13-25-21/h6-11,13,16,19H,3-5,12,14-15H2,1-2H3,(H,26,29)(H,25,27,30)/t16-,19-/m0/s1. The van der Waals surface area contributed by atoms with Gasteiger partial charge in [0.15, 0.2) is 0 Å². The maximum Gasteiger partial charge on any atom is 0.234 e. The predicted octanol–water partition coefficient (Wildman–Crippen LogP) is 3.83. The van der Waals surface area contributed by atoms with Crippen LogP contribution in [0, 0.1) is 5.92 Å². The molecular formula is C23H29ClN4O2. The zero-order valence-electron chi connectivity index (χ0n) is 17.5. The Morgan fingerprint density at radius 1 is 1.23 bits per heavy atom. The number of hydrogen-bond donors (Lipinski definition) is 2. The Labute approximate surface area is 183 Å². The van der Waals surface area contributed by atoms with Crippen LogP contribution in [-0.2, 0) is 16.0 Å². The predicted molar refractivity (Wildman–Crippen MR) is 119 cm³/mol. The molecule has 0 unspecified atom stereocenters. The van der Waals surface area contributed by atoms with Gasteiger partial charge in [0.25, 0.3) is 0 Å². The fourth-order valence-electron chi connectivity index (χ4n) is 3.71. The van der Waals surface area contributed by atoms with Crippen LogP contribution in [0.5, 0.6) is 0 Å². The SMILES string of the molecule is CCc1ccc([C@H](C)NC(=O)CN2CCC[C@H](C(=O)Nc3ccc(Cl)cn3)C2)cc1. The number of carbonyl (C=O) groups excluding carboxylic acids is 2. The summed E-state index contributed by atoms with van der Waals surface area (Å²) in [6, 6.07) is 11.7. The maximum absolute atomic E-state index is 12.6. The summed E-state index contributed by atoms with van der Waals surface area (Å²) in [6.07, 6.45) is 4.19. The van der Waals surface area contributed by atoms with E-state index in [0.29, 0.717) is 23.9 Å². The van der Waals surface area contributed by atoms with Crippen molar-refractivity contribution in [2.75, 3.05) is 25.0 Å². The third-order valence-corrected chi connectivity index (χ3v) is 5.71. The van der Waals surface area contributed by atoms with Gasteiger partial charge >= 0.3 is 0 Å². The zero-order valence-corrected chi connectivity index (χ0v) is 18.3. The van der Waals surface area contributed by atoms with Gasteiger partial charge in [0.1, 0.15) is 5.82 Å². The molecule has 0 saturated carbocycles. The molecule has 0 aliphatic carbocycles. The molecular weight excluding hydrogens is 400 g/mol. The molecule has 2 N–H and O–H groups in total. The molecule has 30 heavy (non-hydrogen) atoms. The Morgan fingerprint density at radius 2 is 2.00 bits per heavy atom.